The summed E-state index contributed by atoms with van der Waals surface area (Å²) in [5.74, 6) is -6.51. The maximum Gasteiger partial charge on any atom is 0.407 e. The van der Waals surface area contributed by atoms with Gasteiger partial charge in [-0.1, -0.05) is 48.5 Å². The minimum absolute atomic E-state index is 0.0156. The van der Waals surface area contributed by atoms with Crippen LogP contribution in [-0.2, 0) is 14.3 Å². The number of fused-ring (bicyclic) bond motifs is 3. The Morgan fingerprint density at radius 3 is 2.12 bits per heavy atom. The van der Waals surface area contributed by atoms with E-state index in [9.17, 15) is 27.6 Å². The fraction of sp³-hybridized carbons (Fsp3) is 0.375. The minimum Gasteiger partial charge on any atom is -0.481 e. The number of carboxylic acid groups (broad SMARTS) is 1. The summed E-state index contributed by atoms with van der Waals surface area (Å²) >= 11 is 0. The predicted octanol–water partition coefficient (Wildman–Crippen LogP) is 3.64. The number of nitrogens with one attached hydrogen (secondary N) is 1. The van der Waals surface area contributed by atoms with Crippen LogP contribution in [-0.4, -0.2) is 59.9 Å². The number of benzene rings is 2. The lowest BCUT2D eigenvalue weighted by molar-refractivity contribution is -0.188. The summed E-state index contributed by atoms with van der Waals surface area (Å²) in [4.78, 5) is 37.0. The molecule has 0 bridgehead atoms. The molecule has 1 heterocycles. The van der Waals surface area contributed by atoms with Crippen LogP contribution < -0.4 is 5.32 Å². The highest BCUT2D eigenvalue weighted by molar-refractivity contribution is 5.86. The zero-order valence-electron chi connectivity index (χ0n) is 18.2. The molecule has 0 aromatic heterocycles. The van der Waals surface area contributed by atoms with E-state index in [1.165, 1.54) is 6.92 Å². The van der Waals surface area contributed by atoms with E-state index in [0.717, 1.165) is 27.2 Å². The van der Waals surface area contributed by atoms with Crippen LogP contribution >= 0.6 is 0 Å². The van der Waals surface area contributed by atoms with Crippen molar-refractivity contribution in [2.75, 3.05) is 19.7 Å². The van der Waals surface area contributed by atoms with Gasteiger partial charge in [-0.05, 0) is 29.2 Å². The van der Waals surface area contributed by atoms with Gasteiger partial charge in [0.1, 0.15) is 12.6 Å². The van der Waals surface area contributed by atoms with Crippen LogP contribution in [0.4, 0.5) is 18.0 Å². The molecule has 7 nitrogen and oxygen atoms in total. The monoisotopic (exact) mass is 476 g/mol. The van der Waals surface area contributed by atoms with Gasteiger partial charge in [-0.25, -0.2) is 4.79 Å². The molecule has 2 aromatic rings. The molecule has 2 aliphatic rings. The second kappa shape index (κ2) is 9.00. The van der Waals surface area contributed by atoms with Gasteiger partial charge in [0, 0.05) is 19.0 Å². The summed E-state index contributed by atoms with van der Waals surface area (Å²) in [7, 11) is 0. The predicted molar refractivity (Wildman–Crippen MR) is 115 cm³/mol. The van der Waals surface area contributed by atoms with Gasteiger partial charge in [0.25, 0.3) is 0 Å². The molecule has 3 atom stereocenters. The fourth-order valence-corrected chi connectivity index (χ4v) is 4.72. The van der Waals surface area contributed by atoms with Crippen LogP contribution in [0.25, 0.3) is 11.1 Å². The highest BCUT2D eigenvalue weighted by Gasteiger charge is 2.53. The molecule has 0 spiro atoms. The third-order valence-corrected chi connectivity index (χ3v) is 6.42. The summed E-state index contributed by atoms with van der Waals surface area (Å²) in [5.41, 5.74) is 4.12. The quantitative estimate of drug-likeness (QED) is 0.687. The van der Waals surface area contributed by atoms with Crippen LogP contribution in [0.1, 0.15) is 24.0 Å². The van der Waals surface area contributed by atoms with E-state index < -0.39 is 55.1 Å². The van der Waals surface area contributed by atoms with Crippen molar-refractivity contribution in [2.24, 2.45) is 11.8 Å². The van der Waals surface area contributed by atoms with Crippen LogP contribution in [0.2, 0.25) is 0 Å². The Morgan fingerprint density at radius 1 is 1.06 bits per heavy atom. The van der Waals surface area contributed by atoms with Gasteiger partial charge in [0.05, 0.1) is 11.8 Å². The molecule has 3 unspecified atom stereocenters. The first-order valence-corrected chi connectivity index (χ1v) is 10.8. The first-order valence-electron chi connectivity index (χ1n) is 10.8. The number of rotatable bonds is 5. The molecular formula is C24H23F3N2O5. The van der Waals surface area contributed by atoms with Gasteiger partial charge in [-0.3, -0.25) is 9.59 Å². The number of ether oxygens (including phenoxy) is 1. The van der Waals surface area contributed by atoms with Gasteiger partial charge in [0.2, 0.25) is 5.91 Å². The number of likely N-dealkylation sites (tertiary alicyclic amines) is 1. The number of hydrogen-bond donors (Lipinski definition) is 2. The van der Waals surface area contributed by atoms with Crippen LogP contribution in [0.15, 0.2) is 48.5 Å². The number of hydrogen-bond acceptors (Lipinski definition) is 4. The lowest BCUT2D eigenvalue weighted by Crippen LogP contribution is -2.47. The molecule has 1 saturated heterocycles. The highest BCUT2D eigenvalue weighted by Crippen LogP contribution is 2.44. The topological polar surface area (TPSA) is 95.9 Å². The fourth-order valence-electron chi connectivity index (χ4n) is 4.72. The normalized spacial score (nSPS) is 20.4. The molecule has 1 aliphatic carbocycles. The molecule has 2 aromatic carbocycles. The molecule has 0 saturated carbocycles. The molecular weight excluding hydrogens is 453 g/mol. The first-order chi connectivity index (χ1) is 16.1. The average Bonchev–Trinajstić information content (AvgIpc) is 3.38. The average molecular weight is 476 g/mol. The van der Waals surface area contributed by atoms with Crippen molar-refractivity contribution < 1.29 is 37.4 Å². The van der Waals surface area contributed by atoms with Gasteiger partial charge in [-0.2, -0.15) is 13.2 Å². The van der Waals surface area contributed by atoms with Gasteiger partial charge < -0.3 is 20.1 Å². The van der Waals surface area contributed by atoms with Crippen LogP contribution in [0.5, 0.6) is 0 Å². The van der Waals surface area contributed by atoms with E-state index in [2.05, 4.69) is 5.32 Å². The minimum atomic E-state index is -4.75. The smallest absolute Gasteiger partial charge is 0.407 e. The van der Waals surface area contributed by atoms with Crippen LogP contribution in [0, 0.1) is 11.8 Å². The Bertz CT molecular complexity index is 1070. The van der Waals surface area contributed by atoms with Crippen LogP contribution in [0.3, 0.4) is 0 Å². The van der Waals surface area contributed by atoms with E-state index in [-0.39, 0.29) is 12.5 Å². The van der Waals surface area contributed by atoms with E-state index in [1.54, 1.807) is 0 Å². The number of alkyl carbamates (subject to hydrolysis) is 1. The number of carbonyl (C=O) groups excluding carboxylic acids is 2. The van der Waals surface area contributed by atoms with Crippen molar-refractivity contribution in [1.82, 2.24) is 10.2 Å². The number of carbonyl (C=O) groups is 3. The van der Waals surface area contributed by atoms with Crippen molar-refractivity contribution in [2.45, 2.75) is 25.1 Å². The van der Waals surface area contributed by atoms with E-state index in [4.69, 9.17) is 9.84 Å². The Morgan fingerprint density at radius 2 is 1.62 bits per heavy atom. The van der Waals surface area contributed by atoms with E-state index >= 15 is 0 Å². The zero-order chi connectivity index (χ0) is 24.6. The van der Waals surface area contributed by atoms with E-state index in [1.807, 2.05) is 48.5 Å². The summed E-state index contributed by atoms with van der Waals surface area (Å²) in [6.07, 6.45) is -5.63. The van der Waals surface area contributed by atoms with Crippen molar-refractivity contribution in [3.05, 3.63) is 59.7 Å². The van der Waals surface area contributed by atoms with Gasteiger partial charge in [0.15, 0.2) is 0 Å². The molecule has 34 heavy (non-hydrogen) atoms. The molecule has 1 fully saturated rings. The van der Waals surface area contributed by atoms with Gasteiger partial charge >= 0.3 is 18.2 Å². The Kier molecular flexibility index (Phi) is 6.24. The molecule has 4 rings (SSSR count). The lowest BCUT2D eigenvalue weighted by Gasteiger charge is -2.22. The van der Waals surface area contributed by atoms with E-state index in [0.29, 0.717) is 0 Å². The van der Waals surface area contributed by atoms with Crippen molar-refractivity contribution in [1.29, 1.82) is 0 Å². The maximum absolute atomic E-state index is 13.2. The number of halogens is 3. The van der Waals surface area contributed by atoms with Crippen molar-refractivity contribution in [3.8, 4) is 11.1 Å². The zero-order valence-corrected chi connectivity index (χ0v) is 18.2. The number of aliphatic carboxylic acids is 1. The molecule has 2 N–H and O–H groups in total. The summed E-state index contributed by atoms with van der Waals surface area (Å²) in [6, 6.07) is 14.4. The molecule has 1 aliphatic heterocycles. The Hall–Kier alpha value is -3.56. The number of carboxylic acids is 1. The second-order valence-corrected chi connectivity index (χ2v) is 8.53. The standard InChI is InChI=1S/C24H23F3N2O5/c1-13(21(30)29-10-18(22(31)32)20(11-29)24(25,26)27)28-23(33)34-12-19-16-8-4-2-6-14(16)15-7-3-5-9-17(15)19/h2-9,13,18-20H,10-12H2,1H3,(H,28,33)(H,31,32). The third-order valence-electron chi connectivity index (χ3n) is 6.42. The molecule has 10 heteroatoms. The summed E-state index contributed by atoms with van der Waals surface area (Å²) in [6.45, 7) is -0.00671. The SMILES string of the molecule is CC(NC(=O)OCC1c2ccccc2-c2ccccc21)C(=O)N1CC(C(=O)O)C(C(F)(F)F)C1. The second-order valence-electron chi connectivity index (χ2n) is 8.53. The van der Waals surface area contributed by atoms with Crippen molar-refractivity contribution >= 4 is 18.0 Å². The highest BCUT2D eigenvalue weighted by atomic mass is 19.4. The first kappa shape index (κ1) is 23.6. The molecule has 180 valence electrons. The Balaban J connectivity index is 1.37. The summed E-state index contributed by atoms with van der Waals surface area (Å²) in [5, 5.41) is 11.5. The van der Waals surface area contributed by atoms with Crippen molar-refractivity contribution in [3.63, 3.8) is 0 Å². The number of alkyl halides is 3. The lowest BCUT2D eigenvalue weighted by atomic mass is 9.96. The molecule has 0 radical (unpaired) electrons. The third kappa shape index (κ3) is 4.44. The summed E-state index contributed by atoms with van der Waals surface area (Å²) < 4.78 is 44.9. The number of nitrogens with zero attached hydrogens (tertiary/aromatic N) is 1. The molecule has 2 amide bonds. The number of amides is 2. The van der Waals surface area contributed by atoms with Gasteiger partial charge in [-0.15, -0.1) is 0 Å². The largest absolute Gasteiger partial charge is 0.481 e. The maximum atomic E-state index is 13.2. The Labute approximate surface area is 193 Å².